The normalized spacial score (nSPS) is 25.0. The molecule has 61 heavy (non-hydrogen) atoms. The Morgan fingerprint density at radius 1 is 0.721 bits per heavy atom. The Hall–Kier alpha value is -5.21. The van der Waals surface area contributed by atoms with Crippen LogP contribution in [-0.4, -0.2) is 111 Å². The molecule has 2 aromatic carbocycles. The number of hydrogen-bond acceptors (Lipinski definition) is 18. The SMILES string of the molecule is CC(=O)OCC1O[C@@H](Cl)C(C)[C@@H](N=[N+]=[N-])[C@H]1OC(C)=O.COC(=O)c1cccc(S)c1.COC(=O)c1cccc(S[C@H]2OC(COC(C)=O)[C@H](OC(C)=O)[C@H](N=[N+]=[N-])C2C)c1. The second-order valence-corrected chi connectivity index (χ2v) is 15.2. The van der Waals surface area contributed by atoms with Crippen molar-refractivity contribution in [2.45, 2.75) is 98.8 Å². The van der Waals surface area contributed by atoms with Gasteiger partial charge in [0.1, 0.15) is 48.6 Å². The number of halogens is 1. The largest absolute Gasteiger partial charge is 0.465 e. The maximum atomic E-state index is 11.8. The Balaban J connectivity index is 0.000000353. The van der Waals surface area contributed by atoms with Crippen LogP contribution in [0.3, 0.4) is 0 Å². The first kappa shape index (κ1) is 51.9. The molecular formula is C38H47ClN6O14S2. The van der Waals surface area contributed by atoms with E-state index in [1.54, 1.807) is 62.4 Å². The lowest BCUT2D eigenvalue weighted by Gasteiger charge is -2.43. The predicted octanol–water partition coefficient (Wildman–Crippen LogP) is 6.62. The maximum Gasteiger partial charge on any atom is 0.337 e. The quantitative estimate of drug-likeness (QED) is 0.0445. The fraction of sp³-hybridized carbons (Fsp3) is 0.526. The minimum absolute atomic E-state index is 0.138. The number of rotatable bonds is 12. The van der Waals surface area contributed by atoms with Crippen LogP contribution in [0.2, 0.25) is 0 Å². The number of benzene rings is 2. The number of thiol groups is 1. The van der Waals surface area contributed by atoms with Gasteiger partial charge in [0.2, 0.25) is 0 Å². The molecule has 0 amide bonds. The summed E-state index contributed by atoms with van der Waals surface area (Å²) in [6.45, 7) is 8.18. The lowest BCUT2D eigenvalue weighted by molar-refractivity contribution is -0.184. The second kappa shape index (κ2) is 26.2. The smallest absolute Gasteiger partial charge is 0.337 e. The Morgan fingerprint density at radius 3 is 1.62 bits per heavy atom. The number of carbonyl (C=O) groups excluding carboxylic acids is 6. The maximum absolute atomic E-state index is 11.8. The average Bonchev–Trinajstić information content (AvgIpc) is 3.21. The molecule has 2 aliphatic heterocycles. The monoisotopic (exact) mass is 910 g/mol. The van der Waals surface area contributed by atoms with Gasteiger partial charge in [0.05, 0.1) is 37.4 Å². The first-order chi connectivity index (χ1) is 28.9. The van der Waals surface area contributed by atoms with Gasteiger partial charge in [-0.3, -0.25) is 19.2 Å². The summed E-state index contributed by atoms with van der Waals surface area (Å²) in [5, 5.41) is 7.45. The van der Waals surface area contributed by atoms with E-state index >= 15 is 0 Å². The van der Waals surface area contributed by atoms with Crippen LogP contribution >= 0.6 is 36.0 Å². The number of alkyl halides is 1. The summed E-state index contributed by atoms with van der Waals surface area (Å²) in [6.07, 6.45) is -3.37. The Kier molecular flexibility index (Phi) is 22.3. The van der Waals surface area contributed by atoms with Crippen molar-refractivity contribution in [3.8, 4) is 0 Å². The molecule has 23 heteroatoms. The molecule has 0 saturated carbocycles. The van der Waals surface area contributed by atoms with Gasteiger partial charge in [-0.2, -0.15) is 0 Å². The number of methoxy groups -OCH3 is 2. The van der Waals surface area contributed by atoms with E-state index in [2.05, 4.69) is 37.4 Å². The van der Waals surface area contributed by atoms with Gasteiger partial charge < -0.3 is 37.9 Å². The summed E-state index contributed by atoms with van der Waals surface area (Å²) in [5.74, 6) is -3.65. The summed E-state index contributed by atoms with van der Waals surface area (Å²) in [7, 11) is 2.65. The van der Waals surface area contributed by atoms with Crippen LogP contribution in [0.4, 0.5) is 0 Å². The molecule has 10 atom stereocenters. The van der Waals surface area contributed by atoms with Crippen molar-refractivity contribution in [1.29, 1.82) is 0 Å². The number of carbonyl (C=O) groups is 6. The van der Waals surface area contributed by atoms with Crippen molar-refractivity contribution >= 4 is 71.8 Å². The number of hydrogen-bond donors (Lipinski definition) is 1. The minimum Gasteiger partial charge on any atom is -0.465 e. The van der Waals surface area contributed by atoms with Gasteiger partial charge in [-0.15, -0.1) is 12.6 Å². The minimum atomic E-state index is -0.911. The highest BCUT2D eigenvalue weighted by molar-refractivity contribution is 7.99. The zero-order valence-corrected chi connectivity index (χ0v) is 36.9. The molecule has 0 radical (unpaired) electrons. The van der Waals surface area contributed by atoms with E-state index in [0.717, 1.165) is 9.79 Å². The van der Waals surface area contributed by atoms with Crippen LogP contribution < -0.4 is 0 Å². The number of nitrogens with zero attached hydrogens (tertiary/aromatic N) is 6. The molecule has 2 fully saturated rings. The van der Waals surface area contributed by atoms with Crippen molar-refractivity contribution in [2.24, 2.45) is 22.1 Å². The van der Waals surface area contributed by atoms with Crippen molar-refractivity contribution in [3.63, 3.8) is 0 Å². The molecule has 2 saturated heterocycles. The van der Waals surface area contributed by atoms with Crippen LogP contribution in [-0.2, 0) is 57.1 Å². The lowest BCUT2D eigenvalue weighted by atomic mass is 9.91. The summed E-state index contributed by atoms with van der Waals surface area (Å²) in [6, 6.07) is 12.3. The van der Waals surface area contributed by atoms with Crippen LogP contribution in [0.15, 0.2) is 68.6 Å². The van der Waals surface area contributed by atoms with Gasteiger partial charge in [-0.25, -0.2) is 9.59 Å². The van der Waals surface area contributed by atoms with Crippen LogP contribution in [0, 0.1) is 11.8 Å². The summed E-state index contributed by atoms with van der Waals surface area (Å²) >= 11 is 11.4. The molecule has 0 bridgehead atoms. The zero-order valence-electron chi connectivity index (χ0n) is 34.4. The molecular weight excluding hydrogens is 864 g/mol. The van der Waals surface area contributed by atoms with E-state index in [1.807, 2.05) is 0 Å². The molecule has 0 spiro atoms. The molecule has 332 valence electrons. The molecule has 4 rings (SSSR count). The molecule has 20 nitrogen and oxygen atoms in total. The number of esters is 6. The van der Waals surface area contributed by atoms with Crippen molar-refractivity contribution in [2.75, 3.05) is 27.4 Å². The number of thioether (sulfide) groups is 1. The van der Waals surface area contributed by atoms with E-state index in [0.29, 0.717) is 11.1 Å². The van der Waals surface area contributed by atoms with E-state index in [1.165, 1.54) is 53.7 Å². The number of azide groups is 2. The molecule has 2 aliphatic rings. The fourth-order valence-electron chi connectivity index (χ4n) is 5.73. The summed E-state index contributed by atoms with van der Waals surface area (Å²) < 4.78 is 41.2. The highest BCUT2D eigenvalue weighted by Gasteiger charge is 2.47. The third-order valence-corrected chi connectivity index (χ3v) is 10.7. The van der Waals surface area contributed by atoms with E-state index in [-0.39, 0.29) is 31.0 Å². The van der Waals surface area contributed by atoms with Gasteiger partial charge in [-0.05, 0) is 47.5 Å². The Morgan fingerprint density at radius 2 is 1.18 bits per heavy atom. The fourth-order valence-corrected chi connectivity index (χ4v) is 7.43. The third kappa shape index (κ3) is 17.0. The summed E-state index contributed by atoms with van der Waals surface area (Å²) in [5.41, 5.74) is 17.3. The molecule has 0 aromatic heterocycles. The molecule has 2 heterocycles. The molecule has 4 unspecified atom stereocenters. The first-order valence-corrected chi connectivity index (χ1v) is 20.0. The third-order valence-electron chi connectivity index (χ3n) is 8.59. The van der Waals surface area contributed by atoms with Crippen molar-refractivity contribution < 1.29 is 66.7 Å². The topological polar surface area (TPSA) is 274 Å². The average molecular weight is 911 g/mol. The van der Waals surface area contributed by atoms with E-state index in [9.17, 15) is 28.8 Å². The van der Waals surface area contributed by atoms with Gasteiger partial charge in [0, 0.05) is 59.1 Å². The highest BCUT2D eigenvalue weighted by Crippen LogP contribution is 2.39. The van der Waals surface area contributed by atoms with Gasteiger partial charge in [0.25, 0.3) is 0 Å². The first-order valence-electron chi connectivity index (χ1n) is 18.2. The molecule has 0 N–H and O–H groups in total. The highest BCUT2D eigenvalue weighted by atomic mass is 35.5. The lowest BCUT2D eigenvalue weighted by Crippen LogP contribution is -2.55. The van der Waals surface area contributed by atoms with E-state index < -0.39 is 77.3 Å². The van der Waals surface area contributed by atoms with Crippen molar-refractivity contribution in [3.05, 3.63) is 80.5 Å². The van der Waals surface area contributed by atoms with Crippen molar-refractivity contribution in [1.82, 2.24) is 0 Å². The van der Waals surface area contributed by atoms with Crippen LogP contribution in [0.5, 0.6) is 0 Å². The molecule has 0 aliphatic carbocycles. The second-order valence-electron chi connectivity index (χ2n) is 13.1. The van der Waals surface area contributed by atoms with Gasteiger partial charge in [0.15, 0.2) is 0 Å². The number of ether oxygens (including phenoxy) is 8. The molecule has 2 aromatic rings. The summed E-state index contributed by atoms with van der Waals surface area (Å²) in [4.78, 5) is 74.7. The standard InChI is InChI=1S/C19H23N3O7S.C11H16ClN3O5.C8H8O2S/c1-10-16(21-22-20)17(28-12(3)24)15(9-27-11(2)23)29-19(10)30-14-7-5-6-13(8-14)18(25)26-4;1-5-9(14-15-13)10(19-7(3)17)8(20-11(5)12)4-18-6(2)16;1-10-8(9)6-3-2-4-7(11)5-6/h5-8,10,15-17,19H,9H2,1-4H3;5,8-11H,4H2,1-3H3;2-5,11H,1H3/t10?,15?,16-,17+,19-;5?,8?,9-,10+,11-;/m11./s1. The van der Waals surface area contributed by atoms with E-state index in [4.69, 9.17) is 55.8 Å². The van der Waals surface area contributed by atoms with Gasteiger partial charge >= 0.3 is 35.8 Å². The zero-order chi connectivity index (χ0) is 45.8. The van der Waals surface area contributed by atoms with Crippen LogP contribution in [0.25, 0.3) is 20.9 Å². The Bertz CT molecular complexity index is 1950. The van der Waals surface area contributed by atoms with Gasteiger partial charge in [-0.1, -0.05) is 59.6 Å². The van der Waals surface area contributed by atoms with Crippen LogP contribution in [0.1, 0.15) is 62.3 Å². The Labute approximate surface area is 366 Å². The predicted molar refractivity (Wildman–Crippen MR) is 220 cm³/mol.